The van der Waals surface area contributed by atoms with E-state index in [9.17, 15) is 4.79 Å². The van der Waals surface area contributed by atoms with Gasteiger partial charge in [-0.05, 0) is 14.1 Å². The van der Waals surface area contributed by atoms with Crippen LogP contribution in [0.3, 0.4) is 0 Å². The molecule has 1 heterocycles. The maximum Gasteiger partial charge on any atom is 0.308 e. The molecule has 88 valence electrons. The van der Waals surface area contributed by atoms with Crippen molar-refractivity contribution in [2.75, 3.05) is 34.4 Å². The molecule has 2 unspecified atom stereocenters. The van der Waals surface area contributed by atoms with Crippen molar-refractivity contribution in [1.82, 2.24) is 4.90 Å². The Morgan fingerprint density at radius 3 is 2.87 bits per heavy atom. The molecule has 0 aliphatic carbocycles. The molecule has 1 fully saturated rings. The number of hydrogen-bond donors (Lipinski definition) is 0. The Morgan fingerprint density at radius 1 is 1.53 bits per heavy atom. The lowest BCUT2D eigenvalue weighted by molar-refractivity contribution is -0.143. The Kier molecular flexibility index (Phi) is 5.01. The Bertz CT molecular complexity index is 208. The normalized spacial score (nSPS) is 25.9. The van der Waals surface area contributed by atoms with Crippen LogP contribution in [0.15, 0.2) is 0 Å². The number of nitrogens with zero attached hydrogens (tertiary/aromatic N) is 1. The van der Waals surface area contributed by atoms with E-state index >= 15 is 0 Å². The van der Waals surface area contributed by atoms with Crippen molar-refractivity contribution in [3.8, 4) is 0 Å². The van der Waals surface area contributed by atoms with Crippen LogP contribution in [0.25, 0.3) is 0 Å². The molecule has 15 heavy (non-hydrogen) atoms. The minimum absolute atomic E-state index is 0.149. The van der Waals surface area contributed by atoms with E-state index in [0.29, 0.717) is 6.61 Å². The first-order valence-corrected chi connectivity index (χ1v) is 5.10. The molecule has 0 aromatic carbocycles. The van der Waals surface area contributed by atoms with Gasteiger partial charge in [0.05, 0.1) is 26.2 Å². The number of rotatable bonds is 5. The van der Waals surface area contributed by atoms with Crippen molar-refractivity contribution in [3.63, 3.8) is 0 Å². The number of methoxy groups -OCH3 is 1. The van der Waals surface area contributed by atoms with Crippen molar-refractivity contribution in [2.45, 2.75) is 25.2 Å². The number of esters is 1. The molecule has 0 spiro atoms. The summed E-state index contributed by atoms with van der Waals surface area (Å²) >= 11 is 0. The molecule has 0 aromatic rings. The summed E-state index contributed by atoms with van der Waals surface area (Å²) in [6, 6.07) is 0. The van der Waals surface area contributed by atoms with E-state index in [4.69, 9.17) is 9.47 Å². The van der Waals surface area contributed by atoms with Crippen LogP contribution in [0, 0.1) is 0 Å². The molecule has 0 bridgehead atoms. The first kappa shape index (κ1) is 12.4. The molecule has 2 atom stereocenters. The summed E-state index contributed by atoms with van der Waals surface area (Å²) in [6.45, 7) is 1.39. The van der Waals surface area contributed by atoms with Gasteiger partial charge in [-0.1, -0.05) is 0 Å². The maximum absolute atomic E-state index is 11.0. The second-order valence-electron chi connectivity index (χ2n) is 3.89. The molecule has 1 aliphatic heterocycles. The smallest absolute Gasteiger partial charge is 0.308 e. The average molecular weight is 217 g/mol. The lowest BCUT2D eigenvalue weighted by Crippen LogP contribution is -2.21. The van der Waals surface area contributed by atoms with Crippen molar-refractivity contribution in [2.24, 2.45) is 0 Å². The van der Waals surface area contributed by atoms with Crippen LogP contribution in [0.2, 0.25) is 0 Å². The van der Waals surface area contributed by atoms with Gasteiger partial charge in [0.25, 0.3) is 0 Å². The first-order chi connectivity index (χ1) is 7.11. The van der Waals surface area contributed by atoms with Crippen LogP contribution in [0.5, 0.6) is 0 Å². The number of carbonyl (C=O) groups is 1. The number of hydrogen-bond acceptors (Lipinski definition) is 5. The van der Waals surface area contributed by atoms with Crippen LogP contribution in [0.4, 0.5) is 0 Å². The second kappa shape index (κ2) is 6.05. The quantitative estimate of drug-likeness (QED) is 0.617. The van der Waals surface area contributed by atoms with Gasteiger partial charge in [0.15, 0.2) is 6.29 Å². The summed E-state index contributed by atoms with van der Waals surface area (Å²) in [4.78, 5) is 13.0. The predicted octanol–water partition coefficient (Wildman–Crippen LogP) is 0.243. The van der Waals surface area contributed by atoms with E-state index in [-0.39, 0.29) is 24.8 Å². The molecule has 0 N–H and O–H groups in total. The van der Waals surface area contributed by atoms with Crippen LogP contribution in [-0.2, 0) is 19.0 Å². The molecule has 0 radical (unpaired) electrons. The van der Waals surface area contributed by atoms with Gasteiger partial charge in [0, 0.05) is 13.0 Å². The molecule has 5 nitrogen and oxygen atoms in total. The molecule has 1 aliphatic rings. The van der Waals surface area contributed by atoms with E-state index in [1.807, 2.05) is 14.1 Å². The Labute approximate surface area is 90.3 Å². The van der Waals surface area contributed by atoms with Gasteiger partial charge in [0.2, 0.25) is 0 Å². The Balaban J connectivity index is 2.18. The predicted molar refractivity (Wildman–Crippen MR) is 54.4 cm³/mol. The molecule has 0 saturated carbocycles. The van der Waals surface area contributed by atoms with E-state index in [2.05, 4.69) is 9.64 Å². The minimum atomic E-state index is -0.253. The lowest BCUT2D eigenvalue weighted by Gasteiger charge is -2.14. The van der Waals surface area contributed by atoms with Crippen molar-refractivity contribution in [3.05, 3.63) is 0 Å². The van der Waals surface area contributed by atoms with Crippen molar-refractivity contribution in [1.29, 1.82) is 0 Å². The van der Waals surface area contributed by atoms with E-state index in [1.165, 1.54) is 7.11 Å². The minimum Gasteiger partial charge on any atom is -0.469 e. The highest BCUT2D eigenvalue weighted by Gasteiger charge is 2.27. The van der Waals surface area contributed by atoms with Gasteiger partial charge in [-0.15, -0.1) is 0 Å². The van der Waals surface area contributed by atoms with Gasteiger partial charge in [0.1, 0.15) is 0 Å². The largest absolute Gasteiger partial charge is 0.469 e. The molecular weight excluding hydrogens is 198 g/mol. The van der Waals surface area contributed by atoms with Crippen molar-refractivity contribution < 1.29 is 19.0 Å². The first-order valence-electron chi connectivity index (χ1n) is 5.10. The highest BCUT2D eigenvalue weighted by atomic mass is 16.7. The fraction of sp³-hybridized carbons (Fsp3) is 0.900. The third-order valence-electron chi connectivity index (χ3n) is 2.25. The van der Waals surface area contributed by atoms with Crippen LogP contribution >= 0.6 is 0 Å². The fourth-order valence-electron chi connectivity index (χ4n) is 1.40. The fourth-order valence-corrected chi connectivity index (χ4v) is 1.40. The number of carbonyl (C=O) groups excluding carboxylic acids is 1. The van der Waals surface area contributed by atoms with Crippen molar-refractivity contribution >= 4 is 5.97 Å². The zero-order valence-corrected chi connectivity index (χ0v) is 9.56. The van der Waals surface area contributed by atoms with E-state index in [0.717, 1.165) is 13.0 Å². The third-order valence-corrected chi connectivity index (χ3v) is 2.25. The molecule has 0 aromatic heterocycles. The van der Waals surface area contributed by atoms with Gasteiger partial charge < -0.3 is 19.1 Å². The third kappa shape index (κ3) is 4.59. The second-order valence-corrected chi connectivity index (χ2v) is 3.89. The van der Waals surface area contributed by atoms with E-state index in [1.54, 1.807) is 0 Å². The van der Waals surface area contributed by atoms with E-state index < -0.39 is 0 Å². The summed E-state index contributed by atoms with van der Waals surface area (Å²) < 4.78 is 15.5. The molecule has 0 amide bonds. The standard InChI is InChI=1S/C10H19NO4/c1-11(2)5-4-10-14-7-8(15-10)6-9(12)13-3/h8,10H,4-7H2,1-3H3. The summed E-state index contributed by atoms with van der Waals surface area (Å²) in [7, 11) is 5.38. The number of ether oxygens (including phenoxy) is 3. The summed E-state index contributed by atoms with van der Waals surface area (Å²) in [5.74, 6) is -0.253. The Morgan fingerprint density at radius 2 is 2.27 bits per heavy atom. The van der Waals surface area contributed by atoms with Gasteiger partial charge >= 0.3 is 5.97 Å². The highest BCUT2D eigenvalue weighted by molar-refractivity contribution is 5.69. The maximum atomic E-state index is 11.0. The van der Waals surface area contributed by atoms with Gasteiger partial charge in [-0.2, -0.15) is 0 Å². The zero-order valence-electron chi connectivity index (χ0n) is 9.56. The molecule has 1 rings (SSSR count). The average Bonchev–Trinajstić information content (AvgIpc) is 2.62. The summed E-state index contributed by atoms with van der Waals surface area (Å²) in [5.41, 5.74) is 0. The highest BCUT2D eigenvalue weighted by Crippen LogP contribution is 2.17. The topological polar surface area (TPSA) is 48.0 Å². The Hall–Kier alpha value is -0.650. The molecule has 5 heteroatoms. The SMILES string of the molecule is COC(=O)CC1COC(CCN(C)C)O1. The monoisotopic (exact) mass is 217 g/mol. The summed E-state index contributed by atoms with van der Waals surface area (Å²) in [5, 5.41) is 0. The zero-order chi connectivity index (χ0) is 11.3. The molecule has 1 saturated heterocycles. The summed E-state index contributed by atoms with van der Waals surface area (Å²) in [6.07, 6.45) is 0.770. The molecular formula is C10H19NO4. The lowest BCUT2D eigenvalue weighted by atomic mass is 10.3. The van der Waals surface area contributed by atoms with Gasteiger partial charge in [-0.3, -0.25) is 4.79 Å². The van der Waals surface area contributed by atoms with Crippen LogP contribution in [-0.4, -0.2) is 57.6 Å². The van der Waals surface area contributed by atoms with Gasteiger partial charge in [-0.25, -0.2) is 0 Å². The van der Waals surface area contributed by atoms with Crippen LogP contribution in [0.1, 0.15) is 12.8 Å². The van der Waals surface area contributed by atoms with Crippen LogP contribution < -0.4 is 0 Å².